The van der Waals surface area contributed by atoms with Crippen LogP contribution in [-0.4, -0.2) is 4.98 Å². The standard InChI is InChI=1S/C17H21N3/c1-12-9-10-19-11-16(12)17(20-18)15-8-4-6-13-5-2-3-7-14(13)15/h2-3,5,7,9-11,15,17,20H,4,6,8,18H2,1H3. The third kappa shape index (κ3) is 2.35. The van der Waals surface area contributed by atoms with Crippen LogP contribution in [0.1, 0.15) is 47.1 Å². The third-order valence-corrected chi connectivity index (χ3v) is 4.41. The second-order valence-electron chi connectivity index (χ2n) is 5.57. The predicted molar refractivity (Wildman–Crippen MR) is 81.2 cm³/mol. The summed E-state index contributed by atoms with van der Waals surface area (Å²) in [7, 11) is 0. The molecule has 3 rings (SSSR count). The Morgan fingerprint density at radius 1 is 1.30 bits per heavy atom. The maximum Gasteiger partial charge on any atom is 0.0546 e. The van der Waals surface area contributed by atoms with Gasteiger partial charge in [0.05, 0.1) is 6.04 Å². The van der Waals surface area contributed by atoms with E-state index in [0.717, 1.165) is 0 Å². The fourth-order valence-corrected chi connectivity index (χ4v) is 3.36. The average molecular weight is 267 g/mol. The first-order valence-corrected chi connectivity index (χ1v) is 7.25. The van der Waals surface area contributed by atoms with Gasteiger partial charge in [-0.3, -0.25) is 16.3 Å². The largest absolute Gasteiger partial charge is 0.271 e. The number of benzene rings is 1. The number of pyridine rings is 1. The molecular weight excluding hydrogens is 246 g/mol. The van der Waals surface area contributed by atoms with E-state index in [4.69, 9.17) is 5.84 Å². The molecule has 1 aliphatic rings. The maximum absolute atomic E-state index is 5.88. The SMILES string of the molecule is Cc1ccncc1C(NN)C1CCCc2ccccc21. The van der Waals surface area contributed by atoms with Crippen LogP contribution < -0.4 is 11.3 Å². The van der Waals surface area contributed by atoms with Gasteiger partial charge in [-0.1, -0.05) is 24.3 Å². The fourth-order valence-electron chi connectivity index (χ4n) is 3.36. The van der Waals surface area contributed by atoms with Crippen molar-refractivity contribution in [3.05, 3.63) is 65.0 Å². The molecule has 0 fully saturated rings. The Morgan fingerprint density at radius 3 is 2.95 bits per heavy atom. The zero-order valence-electron chi connectivity index (χ0n) is 11.8. The first kappa shape index (κ1) is 13.3. The van der Waals surface area contributed by atoms with Crippen molar-refractivity contribution in [3.63, 3.8) is 0 Å². The zero-order chi connectivity index (χ0) is 13.9. The Kier molecular flexibility index (Phi) is 3.81. The van der Waals surface area contributed by atoms with Gasteiger partial charge in [0, 0.05) is 18.3 Å². The van der Waals surface area contributed by atoms with Crippen molar-refractivity contribution >= 4 is 0 Å². The van der Waals surface area contributed by atoms with E-state index >= 15 is 0 Å². The molecule has 0 saturated carbocycles. The van der Waals surface area contributed by atoms with Crippen molar-refractivity contribution in [2.24, 2.45) is 5.84 Å². The highest BCUT2D eigenvalue weighted by molar-refractivity contribution is 5.37. The van der Waals surface area contributed by atoms with Gasteiger partial charge in [-0.25, -0.2) is 0 Å². The van der Waals surface area contributed by atoms with Gasteiger partial charge >= 0.3 is 0 Å². The minimum atomic E-state index is 0.130. The molecule has 20 heavy (non-hydrogen) atoms. The number of rotatable bonds is 3. The van der Waals surface area contributed by atoms with Crippen LogP contribution in [0.25, 0.3) is 0 Å². The molecule has 0 bridgehead atoms. The van der Waals surface area contributed by atoms with E-state index < -0.39 is 0 Å². The molecule has 1 aromatic carbocycles. The summed E-state index contributed by atoms with van der Waals surface area (Å²) in [6.45, 7) is 2.12. The van der Waals surface area contributed by atoms with Gasteiger partial charge in [-0.05, 0) is 54.5 Å². The molecule has 1 aliphatic carbocycles. The number of nitrogens with two attached hydrogens (primary N) is 1. The number of aromatic nitrogens is 1. The topological polar surface area (TPSA) is 50.9 Å². The Morgan fingerprint density at radius 2 is 2.15 bits per heavy atom. The van der Waals surface area contributed by atoms with Crippen molar-refractivity contribution in [1.29, 1.82) is 0 Å². The summed E-state index contributed by atoms with van der Waals surface area (Å²) in [5.41, 5.74) is 8.38. The lowest BCUT2D eigenvalue weighted by atomic mass is 9.76. The minimum absolute atomic E-state index is 0.130. The van der Waals surface area contributed by atoms with Crippen LogP contribution in [0, 0.1) is 6.92 Å². The van der Waals surface area contributed by atoms with Gasteiger partial charge in [0.25, 0.3) is 0 Å². The first-order chi connectivity index (χ1) is 9.81. The van der Waals surface area contributed by atoms with Gasteiger partial charge in [0.2, 0.25) is 0 Å². The van der Waals surface area contributed by atoms with E-state index in [-0.39, 0.29) is 6.04 Å². The monoisotopic (exact) mass is 267 g/mol. The van der Waals surface area contributed by atoms with Crippen molar-refractivity contribution in [3.8, 4) is 0 Å². The van der Waals surface area contributed by atoms with E-state index in [2.05, 4.69) is 47.7 Å². The third-order valence-electron chi connectivity index (χ3n) is 4.41. The summed E-state index contributed by atoms with van der Waals surface area (Å²) < 4.78 is 0. The van der Waals surface area contributed by atoms with Gasteiger partial charge in [0.1, 0.15) is 0 Å². The summed E-state index contributed by atoms with van der Waals surface area (Å²) in [5.74, 6) is 6.31. The summed E-state index contributed by atoms with van der Waals surface area (Å²) in [6.07, 6.45) is 7.34. The summed E-state index contributed by atoms with van der Waals surface area (Å²) in [4.78, 5) is 4.27. The van der Waals surface area contributed by atoms with Gasteiger partial charge in [-0.2, -0.15) is 0 Å². The van der Waals surface area contributed by atoms with Gasteiger partial charge < -0.3 is 0 Å². The summed E-state index contributed by atoms with van der Waals surface area (Å²) in [6, 6.07) is 10.9. The van der Waals surface area contributed by atoms with Crippen LogP contribution in [-0.2, 0) is 6.42 Å². The smallest absolute Gasteiger partial charge is 0.0546 e. The molecule has 0 amide bonds. The van der Waals surface area contributed by atoms with E-state index in [9.17, 15) is 0 Å². The average Bonchev–Trinajstić information content (AvgIpc) is 2.50. The second-order valence-corrected chi connectivity index (χ2v) is 5.57. The number of hydrogen-bond donors (Lipinski definition) is 2. The molecular formula is C17H21N3. The predicted octanol–water partition coefficient (Wildman–Crippen LogP) is 3.01. The molecule has 3 heteroatoms. The van der Waals surface area contributed by atoms with Crippen molar-refractivity contribution in [2.45, 2.75) is 38.1 Å². The molecule has 0 radical (unpaired) electrons. The Bertz CT molecular complexity index is 594. The second kappa shape index (κ2) is 5.73. The number of nitrogens with zero attached hydrogens (tertiary/aromatic N) is 1. The molecule has 2 unspecified atom stereocenters. The molecule has 1 aromatic heterocycles. The highest BCUT2D eigenvalue weighted by Crippen LogP contribution is 2.40. The maximum atomic E-state index is 5.88. The van der Waals surface area contributed by atoms with Crippen LogP contribution in [0.4, 0.5) is 0 Å². The van der Waals surface area contributed by atoms with Crippen molar-refractivity contribution in [2.75, 3.05) is 0 Å². The summed E-state index contributed by atoms with van der Waals surface area (Å²) in [5, 5.41) is 0. The number of fused-ring (bicyclic) bond motifs is 1. The van der Waals surface area contributed by atoms with Gasteiger partial charge in [-0.15, -0.1) is 0 Å². The van der Waals surface area contributed by atoms with E-state index in [1.54, 1.807) is 0 Å². The highest BCUT2D eigenvalue weighted by atomic mass is 15.2. The van der Waals surface area contributed by atoms with E-state index in [1.807, 2.05) is 12.4 Å². The quantitative estimate of drug-likeness (QED) is 0.664. The lowest BCUT2D eigenvalue weighted by molar-refractivity contribution is 0.406. The van der Waals surface area contributed by atoms with E-state index in [0.29, 0.717) is 5.92 Å². The van der Waals surface area contributed by atoms with Gasteiger partial charge in [0.15, 0.2) is 0 Å². The fraction of sp³-hybridized carbons (Fsp3) is 0.353. The first-order valence-electron chi connectivity index (χ1n) is 7.25. The van der Waals surface area contributed by atoms with Crippen LogP contribution in [0.2, 0.25) is 0 Å². The number of hydrazine groups is 1. The van der Waals surface area contributed by atoms with Crippen LogP contribution >= 0.6 is 0 Å². The molecule has 104 valence electrons. The molecule has 0 aliphatic heterocycles. The van der Waals surface area contributed by atoms with E-state index in [1.165, 1.54) is 41.5 Å². The lowest BCUT2D eigenvalue weighted by Gasteiger charge is -2.32. The van der Waals surface area contributed by atoms with Crippen LogP contribution in [0.15, 0.2) is 42.7 Å². The van der Waals surface area contributed by atoms with Crippen LogP contribution in [0.3, 0.4) is 0 Å². The zero-order valence-corrected chi connectivity index (χ0v) is 11.8. The summed E-state index contributed by atoms with van der Waals surface area (Å²) >= 11 is 0. The molecule has 2 aromatic rings. The molecule has 2 atom stereocenters. The number of aryl methyl sites for hydroxylation is 2. The number of nitrogens with one attached hydrogen (secondary N) is 1. The highest BCUT2D eigenvalue weighted by Gasteiger charge is 2.29. The normalized spacial score (nSPS) is 19.4. The molecule has 3 N–H and O–H groups in total. The Balaban J connectivity index is 2.01. The molecule has 0 spiro atoms. The lowest BCUT2D eigenvalue weighted by Crippen LogP contribution is -2.34. The minimum Gasteiger partial charge on any atom is -0.271 e. The van der Waals surface area contributed by atoms with Crippen molar-refractivity contribution < 1.29 is 0 Å². The van der Waals surface area contributed by atoms with Crippen LogP contribution in [0.5, 0.6) is 0 Å². The molecule has 3 nitrogen and oxygen atoms in total. The molecule has 0 saturated heterocycles. The van der Waals surface area contributed by atoms with Crippen molar-refractivity contribution in [1.82, 2.24) is 10.4 Å². The molecule has 1 heterocycles. The Hall–Kier alpha value is -1.71. The number of hydrogen-bond acceptors (Lipinski definition) is 3. The Labute approximate surface area is 120 Å².